The quantitative estimate of drug-likeness (QED) is 0.0212. The molecular weight excluding hydrogens is 740 g/mol. The first-order valence-corrected chi connectivity index (χ1v) is 20.0. The molecule has 6 amide bonds. The van der Waals surface area contributed by atoms with Crippen molar-refractivity contribution in [2.24, 2.45) is 51.4 Å². The molecule has 0 aliphatic carbocycles. The fraction of sp³-hybridized carbons (Fsp3) is 0.784. The largest absolute Gasteiger partial charge is 0.480 e. The third-order valence-electron chi connectivity index (χ3n) is 8.86. The van der Waals surface area contributed by atoms with E-state index in [-0.39, 0.29) is 68.8 Å². The number of carboxylic acids is 1. The summed E-state index contributed by atoms with van der Waals surface area (Å²) in [6.45, 7) is 11.2. The number of aliphatic carboxylic acids is 1. The minimum atomic E-state index is -1.20. The summed E-state index contributed by atoms with van der Waals surface area (Å²) < 4.78 is 0. The van der Waals surface area contributed by atoms with Crippen molar-refractivity contribution in [3.63, 3.8) is 0 Å². The highest BCUT2D eigenvalue weighted by Crippen LogP contribution is 2.11. The first-order valence-electron chi connectivity index (χ1n) is 20.0. The lowest BCUT2D eigenvalue weighted by Gasteiger charge is -2.26. The number of guanidine groups is 1. The van der Waals surface area contributed by atoms with Gasteiger partial charge in [-0.15, -0.1) is 0 Å². The van der Waals surface area contributed by atoms with Crippen LogP contribution in [0, 0.1) is 17.8 Å². The van der Waals surface area contributed by atoms with Gasteiger partial charge in [-0.1, -0.05) is 41.5 Å². The molecule has 20 nitrogen and oxygen atoms in total. The minimum absolute atomic E-state index is 0.0240. The molecule has 0 fully saturated rings. The molecule has 0 unspecified atom stereocenters. The number of hydrogen-bond acceptors (Lipinski definition) is 11. The second-order valence-electron chi connectivity index (χ2n) is 15.5. The number of hydrogen-bond donors (Lipinski definition) is 12. The van der Waals surface area contributed by atoms with Gasteiger partial charge >= 0.3 is 5.97 Å². The van der Waals surface area contributed by atoms with Crippen molar-refractivity contribution in [3.8, 4) is 0 Å². The van der Waals surface area contributed by atoms with Crippen LogP contribution in [0.3, 0.4) is 0 Å². The van der Waals surface area contributed by atoms with E-state index in [0.717, 1.165) is 0 Å². The van der Waals surface area contributed by atoms with Crippen LogP contribution in [0.2, 0.25) is 0 Å². The Morgan fingerprint density at radius 2 is 0.982 bits per heavy atom. The molecule has 0 aromatic heterocycles. The lowest BCUT2D eigenvalue weighted by Crippen LogP contribution is -2.58. The molecule has 0 radical (unpaired) electrons. The number of carbonyl (C=O) groups is 7. The number of nitrogens with zero attached hydrogens (tertiary/aromatic N) is 1. The molecule has 0 aromatic rings. The number of rotatable bonds is 30. The Kier molecular flexibility index (Phi) is 26.5. The van der Waals surface area contributed by atoms with Gasteiger partial charge in [0.2, 0.25) is 35.4 Å². The van der Waals surface area contributed by atoms with E-state index in [2.05, 4.69) is 36.9 Å². The van der Waals surface area contributed by atoms with Crippen molar-refractivity contribution >= 4 is 47.4 Å². The lowest BCUT2D eigenvalue weighted by molar-refractivity contribution is -0.143. The smallest absolute Gasteiger partial charge is 0.326 e. The maximum absolute atomic E-state index is 13.6. The van der Waals surface area contributed by atoms with Crippen LogP contribution in [0.15, 0.2) is 4.99 Å². The average Bonchev–Trinajstić information content (AvgIpc) is 3.12. The van der Waals surface area contributed by atoms with Crippen LogP contribution in [0.25, 0.3) is 0 Å². The number of amides is 6. The predicted molar refractivity (Wildman–Crippen MR) is 218 cm³/mol. The molecule has 6 atom stereocenters. The SMILES string of the molecule is CC(C)C[C@H](NC(=O)[C@H](CCCCN)NC(=O)[C@H](CC(C)C)NC(=O)CNC(=O)[C@H](CCCN=C(N)N)NC(=O)[C@H](CCCCN)NC(=O)[C@@H](N)C(C)C)C(=O)O. The van der Waals surface area contributed by atoms with Gasteiger partial charge in [-0.2, -0.15) is 0 Å². The van der Waals surface area contributed by atoms with Gasteiger partial charge in [-0.25, -0.2) is 4.79 Å². The normalized spacial score (nSPS) is 14.4. The highest BCUT2D eigenvalue weighted by Gasteiger charge is 2.32. The van der Waals surface area contributed by atoms with Crippen molar-refractivity contribution in [1.29, 1.82) is 0 Å². The second-order valence-corrected chi connectivity index (χ2v) is 15.5. The molecule has 0 rings (SSSR count). The van der Waals surface area contributed by atoms with Gasteiger partial charge in [0, 0.05) is 6.54 Å². The van der Waals surface area contributed by atoms with Gasteiger partial charge in [0.15, 0.2) is 5.96 Å². The molecule has 0 bridgehead atoms. The van der Waals surface area contributed by atoms with Crippen molar-refractivity contribution in [3.05, 3.63) is 0 Å². The molecule has 57 heavy (non-hydrogen) atoms. The molecule has 0 aliphatic heterocycles. The molecular formula is C37H72N12O8. The molecule has 0 saturated carbocycles. The molecule has 328 valence electrons. The van der Waals surface area contributed by atoms with E-state index >= 15 is 0 Å². The number of carbonyl (C=O) groups excluding carboxylic acids is 6. The highest BCUT2D eigenvalue weighted by atomic mass is 16.4. The number of nitrogens with two attached hydrogens (primary N) is 5. The van der Waals surface area contributed by atoms with Gasteiger partial charge in [0.05, 0.1) is 12.6 Å². The Hall–Kier alpha value is -4.56. The van der Waals surface area contributed by atoms with E-state index < -0.39 is 84.2 Å². The topological polar surface area (TPSA) is 354 Å². The van der Waals surface area contributed by atoms with Crippen LogP contribution < -0.4 is 60.6 Å². The van der Waals surface area contributed by atoms with Crippen LogP contribution in [0.5, 0.6) is 0 Å². The number of aliphatic imine (C=N–C) groups is 1. The summed E-state index contributed by atoms with van der Waals surface area (Å²) in [6, 6.07) is -6.43. The zero-order valence-electron chi connectivity index (χ0n) is 34.7. The second kappa shape index (κ2) is 28.8. The maximum atomic E-state index is 13.6. The Morgan fingerprint density at radius 3 is 1.42 bits per heavy atom. The van der Waals surface area contributed by atoms with E-state index in [1.165, 1.54) is 0 Å². The van der Waals surface area contributed by atoms with Crippen LogP contribution in [-0.2, 0) is 33.6 Å². The minimum Gasteiger partial charge on any atom is -0.480 e. The maximum Gasteiger partial charge on any atom is 0.326 e. The van der Waals surface area contributed by atoms with E-state index in [9.17, 15) is 38.7 Å². The zero-order chi connectivity index (χ0) is 43.7. The summed E-state index contributed by atoms with van der Waals surface area (Å²) in [5, 5.41) is 25.3. The van der Waals surface area contributed by atoms with Crippen LogP contribution in [0.4, 0.5) is 0 Å². The van der Waals surface area contributed by atoms with Crippen LogP contribution >= 0.6 is 0 Å². The average molecular weight is 813 g/mol. The summed E-state index contributed by atoms with van der Waals surface area (Å²) in [5.41, 5.74) is 28.1. The third kappa shape index (κ3) is 23.3. The first kappa shape index (κ1) is 52.4. The van der Waals surface area contributed by atoms with Gasteiger partial charge in [0.1, 0.15) is 30.2 Å². The Labute approximate surface area is 337 Å². The van der Waals surface area contributed by atoms with Gasteiger partial charge in [-0.05, 0) is 95.1 Å². The highest BCUT2D eigenvalue weighted by molar-refractivity contribution is 5.96. The first-order chi connectivity index (χ1) is 26.7. The molecule has 20 heteroatoms. The Bertz CT molecular complexity index is 1310. The molecule has 0 aliphatic rings. The fourth-order valence-electron chi connectivity index (χ4n) is 5.61. The van der Waals surface area contributed by atoms with E-state index in [1.807, 2.05) is 27.7 Å². The monoisotopic (exact) mass is 813 g/mol. The Morgan fingerprint density at radius 1 is 0.561 bits per heavy atom. The standard InChI is InChI=1S/C37H72N12O8/c1-21(2)18-27(34(54)47-25(12-7-9-15-38)33(53)49-28(36(56)57)19-22(3)4)45-29(50)20-44-31(51)24(14-11-17-43-37(41)42)46-32(52)26(13-8-10-16-39)48-35(55)30(40)23(5)6/h21-28,30H,7-20,38-40H2,1-6H3,(H,44,51)(H,45,50)(H,46,52)(H,47,54)(H,48,55)(H,49,53)(H,56,57)(H4,41,42,43)/t24-,25-,26-,27-,28-,30-/m0/s1. The van der Waals surface area contributed by atoms with Crippen molar-refractivity contribution in [2.45, 2.75) is 142 Å². The van der Waals surface area contributed by atoms with Crippen molar-refractivity contribution < 1.29 is 38.7 Å². The van der Waals surface area contributed by atoms with Gasteiger partial charge in [0.25, 0.3) is 0 Å². The molecule has 0 spiro atoms. The summed E-state index contributed by atoms with van der Waals surface area (Å²) in [6.07, 6.45) is 3.25. The van der Waals surface area contributed by atoms with Crippen molar-refractivity contribution in [2.75, 3.05) is 26.2 Å². The summed E-state index contributed by atoms with van der Waals surface area (Å²) in [5.74, 6) is -5.61. The molecule has 0 heterocycles. The number of nitrogens with one attached hydrogen (secondary N) is 6. The molecule has 0 aromatic carbocycles. The molecule has 17 N–H and O–H groups in total. The summed E-state index contributed by atoms with van der Waals surface area (Å²) >= 11 is 0. The van der Waals surface area contributed by atoms with Crippen LogP contribution in [-0.4, -0.2) is 115 Å². The predicted octanol–water partition coefficient (Wildman–Crippen LogP) is -2.00. The lowest BCUT2D eigenvalue weighted by atomic mass is 10.0. The van der Waals surface area contributed by atoms with Crippen molar-refractivity contribution in [1.82, 2.24) is 31.9 Å². The summed E-state index contributed by atoms with van der Waals surface area (Å²) in [7, 11) is 0. The number of carboxylic acid groups (broad SMARTS) is 1. The van der Waals surface area contributed by atoms with E-state index in [1.54, 1.807) is 13.8 Å². The van der Waals surface area contributed by atoms with Gasteiger partial charge < -0.3 is 65.7 Å². The fourth-order valence-corrected chi connectivity index (χ4v) is 5.61. The van der Waals surface area contributed by atoms with Gasteiger partial charge in [-0.3, -0.25) is 33.8 Å². The molecule has 0 saturated heterocycles. The van der Waals surface area contributed by atoms with Crippen LogP contribution in [0.1, 0.15) is 106 Å². The van der Waals surface area contributed by atoms with E-state index in [4.69, 9.17) is 28.7 Å². The zero-order valence-corrected chi connectivity index (χ0v) is 34.7. The third-order valence-corrected chi connectivity index (χ3v) is 8.86. The Balaban J connectivity index is 6.02. The summed E-state index contributed by atoms with van der Waals surface area (Å²) in [4.78, 5) is 95.5. The number of unbranched alkanes of at least 4 members (excludes halogenated alkanes) is 2. The van der Waals surface area contributed by atoms with E-state index in [0.29, 0.717) is 38.8 Å².